The number of nitrogens with zero attached hydrogens (tertiary/aromatic N) is 3. The average Bonchev–Trinajstić information content (AvgIpc) is 2.48. The Bertz CT molecular complexity index is 625. The van der Waals surface area contributed by atoms with Gasteiger partial charge in [-0.25, -0.2) is 9.37 Å². The van der Waals surface area contributed by atoms with E-state index in [4.69, 9.17) is 0 Å². The molecule has 0 amide bonds. The normalized spacial score (nSPS) is 15.4. The van der Waals surface area contributed by atoms with Crippen LogP contribution < -0.4 is 9.80 Å². The van der Waals surface area contributed by atoms with Gasteiger partial charge in [-0.15, -0.1) is 0 Å². The first-order valence-corrected chi connectivity index (χ1v) is 8.28. The third kappa shape index (κ3) is 3.37. The summed E-state index contributed by atoms with van der Waals surface area (Å²) < 4.78 is 14.9. The molecule has 21 heavy (non-hydrogen) atoms. The van der Waals surface area contributed by atoms with Gasteiger partial charge in [0, 0.05) is 42.5 Å². The summed E-state index contributed by atoms with van der Waals surface area (Å²) in [5.74, 6) is 0.775. The van der Waals surface area contributed by atoms with E-state index in [-0.39, 0.29) is 5.82 Å². The number of benzene rings is 1. The Labute approximate surface area is 140 Å². The van der Waals surface area contributed by atoms with Gasteiger partial charge in [0.05, 0.1) is 4.47 Å². The van der Waals surface area contributed by atoms with Crippen LogP contribution in [0.1, 0.15) is 0 Å². The summed E-state index contributed by atoms with van der Waals surface area (Å²) in [6.45, 7) is 3.58. The number of pyridine rings is 1. The summed E-state index contributed by atoms with van der Waals surface area (Å²) in [4.78, 5) is 9.00. The molecule has 3 nitrogen and oxygen atoms in total. The number of halogens is 3. The molecule has 0 saturated carbocycles. The molecule has 0 aliphatic carbocycles. The predicted molar refractivity (Wildman–Crippen MR) is 90.5 cm³/mol. The molecule has 2 heterocycles. The third-order valence-corrected chi connectivity index (χ3v) is 4.58. The molecule has 0 N–H and O–H groups in total. The SMILES string of the molecule is Fc1ccc(N2CCN(c3ncc(Br)cc3Br)CC2)cc1. The minimum Gasteiger partial charge on any atom is -0.368 e. The number of hydrogen-bond acceptors (Lipinski definition) is 3. The van der Waals surface area contributed by atoms with Crippen molar-refractivity contribution >= 4 is 43.4 Å². The topological polar surface area (TPSA) is 19.4 Å². The van der Waals surface area contributed by atoms with E-state index in [0.29, 0.717) is 0 Å². The molecule has 2 aromatic rings. The number of aromatic nitrogens is 1. The van der Waals surface area contributed by atoms with Crippen LogP contribution in [0.3, 0.4) is 0 Å². The highest BCUT2D eigenvalue weighted by Gasteiger charge is 2.20. The van der Waals surface area contributed by atoms with E-state index in [0.717, 1.165) is 46.6 Å². The monoisotopic (exact) mass is 413 g/mol. The molecule has 1 aliphatic rings. The molecule has 1 saturated heterocycles. The van der Waals surface area contributed by atoms with Gasteiger partial charge in [0.1, 0.15) is 11.6 Å². The Kier molecular flexibility index (Phi) is 4.45. The fourth-order valence-electron chi connectivity index (χ4n) is 2.47. The van der Waals surface area contributed by atoms with Gasteiger partial charge in [-0.1, -0.05) is 0 Å². The van der Waals surface area contributed by atoms with Gasteiger partial charge in [-0.2, -0.15) is 0 Å². The second-order valence-electron chi connectivity index (χ2n) is 4.91. The van der Waals surface area contributed by atoms with Gasteiger partial charge in [-0.3, -0.25) is 0 Å². The average molecular weight is 415 g/mol. The number of rotatable bonds is 2. The zero-order valence-electron chi connectivity index (χ0n) is 11.3. The number of hydrogen-bond donors (Lipinski definition) is 0. The summed E-state index contributed by atoms with van der Waals surface area (Å²) in [5.41, 5.74) is 1.07. The number of piperazine rings is 1. The Morgan fingerprint density at radius 1 is 0.952 bits per heavy atom. The van der Waals surface area contributed by atoms with Gasteiger partial charge >= 0.3 is 0 Å². The highest BCUT2D eigenvalue weighted by atomic mass is 79.9. The molecular weight excluding hydrogens is 401 g/mol. The van der Waals surface area contributed by atoms with Crippen LogP contribution in [0.25, 0.3) is 0 Å². The van der Waals surface area contributed by atoms with E-state index >= 15 is 0 Å². The summed E-state index contributed by atoms with van der Waals surface area (Å²) in [5, 5.41) is 0. The smallest absolute Gasteiger partial charge is 0.143 e. The van der Waals surface area contributed by atoms with Gasteiger partial charge in [0.15, 0.2) is 0 Å². The molecule has 1 fully saturated rings. The van der Waals surface area contributed by atoms with E-state index < -0.39 is 0 Å². The van der Waals surface area contributed by atoms with Gasteiger partial charge in [0.2, 0.25) is 0 Å². The maximum atomic E-state index is 13.0. The van der Waals surface area contributed by atoms with Crippen molar-refractivity contribution in [1.29, 1.82) is 0 Å². The summed E-state index contributed by atoms with van der Waals surface area (Å²) in [7, 11) is 0. The van der Waals surface area contributed by atoms with Crippen LogP contribution in [-0.4, -0.2) is 31.2 Å². The fourth-order valence-corrected chi connectivity index (χ4v) is 3.71. The Hall–Kier alpha value is -1.14. The first kappa shape index (κ1) is 14.8. The molecule has 1 aromatic heterocycles. The highest BCUT2D eigenvalue weighted by molar-refractivity contribution is 9.11. The fraction of sp³-hybridized carbons (Fsp3) is 0.267. The van der Waals surface area contributed by atoms with Crippen LogP contribution in [-0.2, 0) is 0 Å². The molecule has 110 valence electrons. The zero-order chi connectivity index (χ0) is 14.8. The van der Waals surface area contributed by atoms with E-state index in [9.17, 15) is 4.39 Å². The van der Waals surface area contributed by atoms with Crippen molar-refractivity contribution in [3.05, 3.63) is 51.3 Å². The second kappa shape index (κ2) is 6.32. The van der Waals surface area contributed by atoms with Crippen LogP contribution in [0, 0.1) is 5.82 Å². The van der Waals surface area contributed by atoms with Crippen molar-refractivity contribution < 1.29 is 4.39 Å². The van der Waals surface area contributed by atoms with Gasteiger partial charge in [-0.05, 0) is 62.2 Å². The van der Waals surface area contributed by atoms with Crippen molar-refractivity contribution in [2.75, 3.05) is 36.0 Å². The molecule has 0 radical (unpaired) electrons. The van der Waals surface area contributed by atoms with E-state index in [1.807, 2.05) is 24.4 Å². The van der Waals surface area contributed by atoms with Crippen molar-refractivity contribution in [3.63, 3.8) is 0 Å². The third-order valence-electron chi connectivity index (χ3n) is 3.56. The minimum atomic E-state index is -0.194. The largest absolute Gasteiger partial charge is 0.368 e. The second-order valence-corrected chi connectivity index (χ2v) is 6.68. The van der Waals surface area contributed by atoms with Crippen molar-refractivity contribution in [2.45, 2.75) is 0 Å². The quantitative estimate of drug-likeness (QED) is 0.738. The van der Waals surface area contributed by atoms with Crippen LogP contribution in [0.2, 0.25) is 0 Å². The van der Waals surface area contributed by atoms with Crippen LogP contribution in [0.4, 0.5) is 15.9 Å². The molecule has 1 aromatic carbocycles. The van der Waals surface area contributed by atoms with E-state index in [1.165, 1.54) is 12.1 Å². The first-order valence-electron chi connectivity index (χ1n) is 6.70. The van der Waals surface area contributed by atoms with E-state index in [1.54, 1.807) is 0 Å². The molecule has 0 spiro atoms. The molecule has 1 aliphatic heterocycles. The maximum Gasteiger partial charge on any atom is 0.143 e. The van der Waals surface area contributed by atoms with Gasteiger partial charge < -0.3 is 9.80 Å². The Morgan fingerprint density at radius 3 is 2.19 bits per heavy atom. The lowest BCUT2D eigenvalue weighted by molar-refractivity contribution is 0.624. The Morgan fingerprint density at radius 2 is 1.57 bits per heavy atom. The summed E-state index contributed by atoms with van der Waals surface area (Å²) in [6.07, 6.45) is 1.81. The lowest BCUT2D eigenvalue weighted by Crippen LogP contribution is -2.47. The first-order chi connectivity index (χ1) is 10.1. The summed E-state index contributed by atoms with van der Waals surface area (Å²) in [6, 6.07) is 8.69. The van der Waals surface area contributed by atoms with Crippen molar-refractivity contribution in [1.82, 2.24) is 4.98 Å². The summed E-state index contributed by atoms with van der Waals surface area (Å²) >= 11 is 6.98. The number of anilines is 2. The molecule has 0 atom stereocenters. The van der Waals surface area contributed by atoms with Gasteiger partial charge in [0.25, 0.3) is 0 Å². The maximum absolute atomic E-state index is 13.0. The molecule has 0 bridgehead atoms. The van der Waals surface area contributed by atoms with Crippen LogP contribution in [0.15, 0.2) is 45.5 Å². The standard InChI is InChI=1S/C15H14Br2FN3/c16-11-9-14(17)15(19-10-11)21-7-5-20(6-8-21)13-3-1-12(18)2-4-13/h1-4,9-10H,5-8H2. The van der Waals surface area contributed by atoms with Crippen LogP contribution >= 0.6 is 31.9 Å². The Balaban J connectivity index is 1.68. The van der Waals surface area contributed by atoms with Crippen molar-refractivity contribution in [2.24, 2.45) is 0 Å². The molecule has 6 heteroatoms. The highest BCUT2D eigenvalue weighted by Crippen LogP contribution is 2.28. The molecule has 3 rings (SSSR count). The lowest BCUT2D eigenvalue weighted by atomic mass is 10.2. The minimum absolute atomic E-state index is 0.194. The zero-order valence-corrected chi connectivity index (χ0v) is 14.4. The van der Waals surface area contributed by atoms with E-state index in [2.05, 4.69) is 46.6 Å². The lowest BCUT2D eigenvalue weighted by Gasteiger charge is -2.37. The molecular formula is C15H14Br2FN3. The van der Waals surface area contributed by atoms with Crippen molar-refractivity contribution in [3.8, 4) is 0 Å². The predicted octanol–water partition coefficient (Wildman–Crippen LogP) is 4.07. The molecule has 0 unspecified atom stereocenters. The van der Waals surface area contributed by atoms with Crippen LogP contribution in [0.5, 0.6) is 0 Å².